The van der Waals surface area contributed by atoms with E-state index in [1.165, 1.54) is 11.2 Å². The molecule has 1 aliphatic rings. The van der Waals surface area contributed by atoms with E-state index in [9.17, 15) is 13.2 Å². The number of nitrogens with two attached hydrogens (primary N) is 1. The van der Waals surface area contributed by atoms with Crippen LogP contribution in [0.25, 0.3) is 0 Å². The third-order valence-electron chi connectivity index (χ3n) is 2.99. The quantitative estimate of drug-likeness (QED) is 0.720. The Morgan fingerprint density at radius 2 is 2.11 bits per heavy atom. The topological polar surface area (TPSA) is 80.5 Å². The van der Waals surface area contributed by atoms with Crippen molar-refractivity contribution in [1.82, 2.24) is 4.90 Å². The third-order valence-corrected chi connectivity index (χ3v) is 5.64. The first-order valence-corrected chi connectivity index (χ1v) is 9.34. The number of sulfone groups is 1. The van der Waals surface area contributed by atoms with Gasteiger partial charge in [0.15, 0.2) is 9.84 Å². The molecule has 1 aliphatic heterocycles. The number of carbonyl (C=O) groups is 1. The fourth-order valence-corrected chi connectivity index (χ4v) is 4.80. The van der Waals surface area contributed by atoms with Crippen molar-refractivity contribution >= 4 is 27.5 Å². The molecule has 0 spiro atoms. The van der Waals surface area contributed by atoms with E-state index >= 15 is 0 Å². The van der Waals surface area contributed by atoms with Crippen LogP contribution >= 0.6 is 11.8 Å². The summed E-state index contributed by atoms with van der Waals surface area (Å²) < 4.78 is 23.3. The van der Waals surface area contributed by atoms with Gasteiger partial charge < -0.3 is 10.6 Å². The number of nitrogens with zero attached hydrogens (tertiary/aromatic N) is 1. The molecule has 1 amide bonds. The monoisotopic (exact) mass is 294 g/mol. The highest BCUT2D eigenvalue weighted by Crippen LogP contribution is 2.21. The second-order valence-electron chi connectivity index (χ2n) is 4.55. The van der Waals surface area contributed by atoms with E-state index in [0.717, 1.165) is 25.0 Å². The lowest BCUT2D eigenvalue weighted by molar-refractivity contribution is -0.131. The van der Waals surface area contributed by atoms with E-state index in [0.29, 0.717) is 25.3 Å². The summed E-state index contributed by atoms with van der Waals surface area (Å²) in [6.07, 6.45) is 4.26. The zero-order valence-electron chi connectivity index (χ0n) is 10.8. The van der Waals surface area contributed by atoms with Crippen molar-refractivity contribution in [3.05, 3.63) is 0 Å². The normalized spacial score (nSPS) is 21.0. The van der Waals surface area contributed by atoms with E-state index in [1.807, 2.05) is 0 Å². The first-order chi connectivity index (χ1) is 8.46. The van der Waals surface area contributed by atoms with Crippen LogP contribution in [0.15, 0.2) is 0 Å². The summed E-state index contributed by atoms with van der Waals surface area (Å²) in [5.41, 5.74) is 5.39. The molecule has 7 heteroatoms. The summed E-state index contributed by atoms with van der Waals surface area (Å²) in [5, 5.41) is -0.641. The lowest BCUT2D eigenvalue weighted by atomic mass is 10.2. The van der Waals surface area contributed by atoms with Crippen LogP contribution in [0.2, 0.25) is 0 Å². The maximum Gasteiger partial charge on any atom is 0.223 e. The summed E-state index contributed by atoms with van der Waals surface area (Å²) in [5.74, 6) is 1.27. The van der Waals surface area contributed by atoms with Gasteiger partial charge in [0, 0.05) is 30.7 Å². The van der Waals surface area contributed by atoms with Gasteiger partial charge in [-0.05, 0) is 19.4 Å². The van der Waals surface area contributed by atoms with Gasteiger partial charge in [-0.2, -0.15) is 11.8 Å². The minimum absolute atomic E-state index is 0.0391. The van der Waals surface area contributed by atoms with Crippen LogP contribution < -0.4 is 5.73 Å². The fraction of sp³-hybridized carbons (Fsp3) is 0.909. The predicted molar refractivity (Wildman–Crippen MR) is 75.2 cm³/mol. The van der Waals surface area contributed by atoms with Crippen LogP contribution in [0.3, 0.4) is 0 Å². The Labute approximate surface area is 113 Å². The number of unbranched alkanes of at least 4 members (excludes halogenated alkanes) is 2. The third kappa shape index (κ3) is 4.78. The zero-order chi connectivity index (χ0) is 13.6. The summed E-state index contributed by atoms with van der Waals surface area (Å²) in [6, 6.07) is 0. The van der Waals surface area contributed by atoms with Crippen LogP contribution in [0, 0.1) is 0 Å². The molecule has 0 aliphatic carbocycles. The Balaban J connectivity index is 2.53. The van der Waals surface area contributed by atoms with Crippen molar-refractivity contribution in [1.29, 1.82) is 0 Å². The molecule has 5 nitrogen and oxygen atoms in total. The summed E-state index contributed by atoms with van der Waals surface area (Å²) in [7, 11) is -3.19. The van der Waals surface area contributed by atoms with Crippen LogP contribution in [0.4, 0.5) is 0 Å². The van der Waals surface area contributed by atoms with Crippen LogP contribution in [0.1, 0.15) is 25.7 Å². The summed E-state index contributed by atoms with van der Waals surface area (Å²) in [6.45, 7) is 1.18. The molecule has 0 saturated carbocycles. The number of hydrogen-bond acceptors (Lipinski definition) is 5. The van der Waals surface area contributed by atoms with Crippen molar-refractivity contribution in [2.24, 2.45) is 5.73 Å². The minimum Gasteiger partial charge on any atom is -0.330 e. The molecule has 106 valence electrons. The van der Waals surface area contributed by atoms with E-state index in [-0.39, 0.29) is 5.91 Å². The zero-order valence-corrected chi connectivity index (χ0v) is 12.4. The maximum absolute atomic E-state index is 12.0. The molecule has 0 bridgehead atoms. The largest absolute Gasteiger partial charge is 0.330 e. The Hall–Kier alpha value is -0.270. The van der Waals surface area contributed by atoms with Crippen LogP contribution in [-0.4, -0.2) is 55.4 Å². The van der Waals surface area contributed by atoms with Crippen molar-refractivity contribution in [3.8, 4) is 0 Å². The van der Waals surface area contributed by atoms with Gasteiger partial charge in [0.1, 0.15) is 5.37 Å². The number of rotatable bonds is 6. The second kappa shape index (κ2) is 7.35. The van der Waals surface area contributed by atoms with Crippen molar-refractivity contribution in [3.63, 3.8) is 0 Å². The summed E-state index contributed by atoms with van der Waals surface area (Å²) >= 11 is 1.59. The predicted octanol–water partition coefficient (Wildman–Crippen LogP) is 0.452. The SMILES string of the molecule is CS(=O)(=O)C1CSCCN1C(=O)CCCCCN. The Morgan fingerprint density at radius 1 is 1.39 bits per heavy atom. The number of carbonyl (C=O) groups excluding carboxylic acids is 1. The molecule has 1 saturated heterocycles. The first kappa shape index (κ1) is 15.8. The first-order valence-electron chi connectivity index (χ1n) is 6.23. The van der Waals surface area contributed by atoms with Gasteiger partial charge in [0.05, 0.1) is 0 Å². The molecule has 18 heavy (non-hydrogen) atoms. The number of amides is 1. The molecular weight excluding hydrogens is 272 g/mol. The van der Waals surface area contributed by atoms with E-state index in [2.05, 4.69) is 0 Å². The van der Waals surface area contributed by atoms with Gasteiger partial charge in [-0.1, -0.05) is 6.42 Å². The highest BCUT2D eigenvalue weighted by Gasteiger charge is 2.33. The molecule has 1 rings (SSSR count). The molecule has 0 aromatic carbocycles. The highest BCUT2D eigenvalue weighted by atomic mass is 32.2. The average molecular weight is 294 g/mol. The van der Waals surface area contributed by atoms with Crippen molar-refractivity contribution in [2.45, 2.75) is 31.1 Å². The Bertz CT molecular complexity index is 370. The molecular formula is C11H22N2O3S2. The van der Waals surface area contributed by atoms with E-state index in [1.54, 1.807) is 11.8 Å². The lowest BCUT2D eigenvalue weighted by Crippen LogP contribution is -2.49. The van der Waals surface area contributed by atoms with E-state index in [4.69, 9.17) is 5.73 Å². The van der Waals surface area contributed by atoms with Gasteiger partial charge in [-0.3, -0.25) is 4.79 Å². The lowest BCUT2D eigenvalue weighted by Gasteiger charge is -2.34. The molecule has 0 aromatic heterocycles. The number of hydrogen-bond donors (Lipinski definition) is 1. The second-order valence-corrected chi connectivity index (χ2v) is 7.90. The fourth-order valence-electron chi connectivity index (χ4n) is 1.96. The molecule has 1 unspecified atom stereocenters. The number of thioether (sulfide) groups is 1. The van der Waals surface area contributed by atoms with Gasteiger partial charge in [-0.25, -0.2) is 8.42 Å². The van der Waals surface area contributed by atoms with E-state index < -0.39 is 15.2 Å². The highest BCUT2D eigenvalue weighted by molar-refractivity contribution is 8.00. The van der Waals surface area contributed by atoms with Crippen molar-refractivity contribution in [2.75, 3.05) is 30.9 Å². The smallest absolute Gasteiger partial charge is 0.223 e. The standard InChI is InChI=1S/C11H22N2O3S2/c1-18(15,16)11-9-17-8-7-13(11)10(14)5-3-2-4-6-12/h11H,2-9,12H2,1H3. The van der Waals surface area contributed by atoms with Crippen LogP contribution in [0.5, 0.6) is 0 Å². The molecule has 0 radical (unpaired) electrons. The maximum atomic E-state index is 12.0. The molecule has 1 heterocycles. The molecule has 0 aromatic rings. The Kier molecular flexibility index (Phi) is 6.45. The van der Waals surface area contributed by atoms with Gasteiger partial charge >= 0.3 is 0 Å². The molecule has 2 N–H and O–H groups in total. The van der Waals surface area contributed by atoms with Crippen molar-refractivity contribution < 1.29 is 13.2 Å². The van der Waals surface area contributed by atoms with Crippen LogP contribution in [-0.2, 0) is 14.6 Å². The minimum atomic E-state index is -3.19. The molecule has 1 atom stereocenters. The van der Waals surface area contributed by atoms with Gasteiger partial charge in [-0.15, -0.1) is 0 Å². The summed E-state index contributed by atoms with van der Waals surface area (Å²) in [4.78, 5) is 13.6. The van der Waals surface area contributed by atoms with Gasteiger partial charge in [0.25, 0.3) is 0 Å². The average Bonchev–Trinajstić information content (AvgIpc) is 2.33. The Morgan fingerprint density at radius 3 is 2.72 bits per heavy atom. The molecule has 1 fully saturated rings. The van der Waals surface area contributed by atoms with Gasteiger partial charge in [0.2, 0.25) is 5.91 Å².